The lowest BCUT2D eigenvalue weighted by atomic mass is 10.3. The van der Waals surface area contributed by atoms with E-state index in [1.165, 1.54) is 24.3 Å². The third-order valence-corrected chi connectivity index (χ3v) is 2.43. The number of rotatable bonds is 3. The molecule has 88 valence electrons. The molecule has 0 fully saturated rings. The summed E-state index contributed by atoms with van der Waals surface area (Å²) in [6, 6.07) is 6.86. The normalized spacial score (nSPS) is 12.2. The first-order valence-corrected chi connectivity index (χ1v) is 5.47. The molecule has 0 radical (unpaired) electrons. The zero-order valence-corrected chi connectivity index (χ0v) is 8.58. The molecular formula is C8H7F2NO4S. The molecule has 1 aromatic carbocycles. The Morgan fingerprint density at radius 1 is 1.25 bits per heavy atom. The summed E-state index contributed by atoms with van der Waals surface area (Å²) in [6.07, 6.45) is 0. The van der Waals surface area contributed by atoms with Gasteiger partial charge in [0, 0.05) is 0 Å². The molecule has 0 heterocycles. The smallest absolute Gasteiger partial charge is 0.421 e. The van der Waals surface area contributed by atoms with E-state index in [0.29, 0.717) is 0 Å². The molecule has 0 aliphatic rings. The van der Waals surface area contributed by atoms with Crippen molar-refractivity contribution in [2.45, 2.75) is 5.25 Å². The highest BCUT2D eigenvalue weighted by Crippen LogP contribution is 2.22. The SMILES string of the molecule is NS(=O)(=O)C(F)(F)C(=O)Oc1ccccc1. The molecule has 2 N–H and O–H groups in total. The number of benzene rings is 1. The Hall–Kier alpha value is -1.54. The number of primary sulfonamides is 1. The number of alkyl halides is 2. The van der Waals surface area contributed by atoms with Crippen LogP contribution in [0.4, 0.5) is 8.78 Å². The third kappa shape index (κ3) is 2.52. The van der Waals surface area contributed by atoms with E-state index < -0.39 is 21.2 Å². The first kappa shape index (κ1) is 12.5. The molecule has 8 heteroatoms. The second kappa shape index (κ2) is 4.14. The van der Waals surface area contributed by atoms with Crippen molar-refractivity contribution < 1.29 is 26.7 Å². The van der Waals surface area contributed by atoms with E-state index in [9.17, 15) is 22.0 Å². The summed E-state index contributed by atoms with van der Waals surface area (Å²) < 4.78 is 50.6. The molecule has 0 aliphatic heterocycles. The van der Waals surface area contributed by atoms with E-state index in [4.69, 9.17) is 0 Å². The Labute approximate surface area is 89.9 Å². The summed E-state index contributed by atoms with van der Waals surface area (Å²) in [5.74, 6) is -2.43. The number of halogens is 2. The van der Waals surface area contributed by atoms with Crippen LogP contribution in [0.1, 0.15) is 0 Å². The van der Waals surface area contributed by atoms with Crippen LogP contribution in [0.15, 0.2) is 30.3 Å². The number of carbonyl (C=O) groups is 1. The number of carbonyl (C=O) groups excluding carboxylic acids is 1. The van der Waals surface area contributed by atoms with Crippen molar-refractivity contribution in [1.29, 1.82) is 0 Å². The van der Waals surface area contributed by atoms with Gasteiger partial charge in [0.2, 0.25) is 0 Å². The molecule has 0 saturated carbocycles. The van der Waals surface area contributed by atoms with Crippen LogP contribution >= 0.6 is 0 Å². The van der Waals surface area contributed by atoms with Gasteiger partial charge in [-0.1, -0.05) is 18.2 Å². The van der Waals surface area contributed by atoms with Crippen molar-refractivity contribution in [3.63, 3.8) is 0 Å². The van der Waals surface area contributed by atoms with E-state index in [2.05, 4.69) is 9.88 Å². The van der Waals surface area contributed by atoms with Crippen molar-refractivity contribution in [2.75, 3.05) is 0 Å². The van der Waals surface area contributed by atoms with Crippen LogP contribution in [-0.4, -0.2) is 19.6 Å². The van der Waals surface area contributed by atoms with Crippen LogP contribution in [-0.2, 0) is 14.8 Å². The molecule has 0 bridgehead atoms. The molecule has 0 amide bonds. The number of sulfonamides is 1. The standard InChI is InChI=1S/C8H7F2NO4S/c9-8(10,16(11,13)14)7(12)15-6-4-2-1-3-5-6/h1-5H,(H2,11,13,14). The zero-order valence-electron chi connectivity index (χ0n) is 7.76. The van der Waals surface area contributed by atoms with E-state index in [1.54, 1.807) is 6.07 Å². The van der Waals surface area contributed by atoms with Gasteiger partial charge in [-0.2, -0.15) is 8.78 Å². The number of nitrogens with two attached hydrogens (primary N) is 1. The predicted octanol–water partition coefficient (Wildman–Crippen LogP) is 0.473. The molecule has 0 spiro atoms. The largest absolute Gasteiger partial charge is 0.454 e. The Morgan fingerprint density at radius 2 is 1.75 bits per heavy atom. The molecule has 1 rings (SSSR count). The monoisotopic (exact) mass is 251 g/mol. The molecule has 0 aliphatic carbocycles. The van der Waals surface area contributed by atoms with E-state index >= 15 is 0 Å². The van der Waals surface area contributed by atoms with Crippen LogP contribution in [0.5, 0.6) is 5.75 Å². The molecule has 0 saturated heterocycles. The average Bonchev–Trinajstić information content (AvgIpc) is 2.17. The third-order valence-electron chi connectivity index (χ3n) is 1.55. The maximum absolute atomic E-state index is 12.8. The topological polar surface area (TPSA) is 86.5 Å². The van der Waals surface area contributed by atoms with E-state index in [-0.39, 0.29) is 5.75 Å². The highest BCUT2D eigenvalue weighted by Gasteiger charge is 2.53. The minimum Gasteiger partial charge on any atom is -0.421 e. The number of ether oxygens (including phenoxy) is 1. The quantitative estimate of drug-likeness (QED) is 0.625. The number of hydrogen-bond acceptors (Lipinski definition) is 4. The minimum absolute atomic E-state index is 0.198. The molecule has 0 atom stereocenters. The van der Waals surface area contributed by atoms with Gasteiger partial charge in [0.25, 0.3) is 10.0 Å². The fourth-order valence-electron chi connectivity index (χ4n) is 0.771. The second-order valence-corrected chi connectivity index (χ2v) is 4.37. The number of esters is 1. The van der Waals surface area contributed by atoms with Gasteiger partial charge in [0.1, 0.15) is 5.75 Å². The average molecular weight is 251 g/mol. The summed E-state index contributed by atoms with van der Waals surface area (Å²) in [7, 11) is -5.33. The minimum atomic E-state index is -5.33. The predicted molar refractivity (Wildman–Crippen MR) is 50.1 cm³/mol. The van der Waals surface area contributed by atoms with Gasteiger partial charge in [-0.05, 0) is 12.1 Å². The summed E-state index contributed by atoms with van der Waals surface area (Å²) in [4.78, 5) is 10.8. The molecule has 0 unspecified atom stereocenters. The van der Waals surface area contributed by atoms with Gasteiger partial charge in [0.05, 0.1) is 0 Å². The second-order valence-electron chi connectivity index (χ2n) is 2.76. The van der Waals surface area contributed by atoms with Crippen LogP contribution in [0, 0.1) is 0 Å². The van der Waals surface area contributed by atoms with Gasteiger partial charge >= 0.3 is 11.2 Å². The van der Waals surface area contributed by atoms with Gasteiger partial charge < -0.3 is 4.74 Å². The van der Waals surface area contributed by atoms with Gasteiger partial charge in [-0.25, -0.2) is 18.4 Å². The van der Waals surface area contributed by atoms with Crippen LogP contribution < -0.4 is 9.88 Å². The lowest BCUT2D eigenvalue weighted by Crippen LogP contribution is -2.44. The zero-order chi connectivity index (χ0) is 12.4. The highest BCUT2D eigenvalue weighted by molar-refractivity contribution is 7.91. The van der Waals surface area contributed by atoms with E-state index in [1.807, 2.05) is 0 Å². The van der Waals surface area contributed by atoms with Crippen LogP contribution in [0.25, 0.3) is 0 Å². The first-order chi connectivity index (χ1) is 7.25. The van der Waals surface area contributed by atoms with E-state index in [0.717, 1.165) is 0 Å². The molecule has 16 heavy (non-hydrogen) atoms. The fraction of sp³-hybridized carbons (Fsp3) is 0.125. The molecule has 1 aromatic rings. The van der Waals surface area contributed by atoms with Crippen molar-refractivity contribution in [2.24, 2.45) is 5.14 Å². The maximum Gasteiger partial charge on any atom is 0.454 e. The summed E-state index contributed by atoms with van der Waals surface area (Å²) in [6.45, 7) is 0. The Bertz CT molecular complexity index is 486. The van der Waals surface area contributed by atoms with Crippen molar-refractivity contribution in [1.82, 2.24) is 0 Å². The molecule has 5 nitrogen and oxygen atoms in total. The lowest BCUT2D eigenvalue weighted by molar-refractivity contribution is -0.150. The van der Waals surface area contributed by atoms with Crippen molar-refractivity contribution in [3.8, 4) is 5.75 Å². The molecular weight excluding hydrogens is 244 g/mol. The van der Waals surface area contributed by atoms with Crippen molar-refractivity contribution >= 4 is 16.0 Å². The maximum atomic E-state index is 12.8. The van der Waals surface area contributed by atoms with Crippen LogP contribution in [0.2, 0.25) is 0 Å². The van der Waals surface area contributed by atoms with Crippen LogP contribution in [0.3, 0.4) is 0 Å². The first-order valence-electron chi connectivity index (χ1n) is 3.92. The lowest BCUT2D eigenvalue weighted by Gasteiger charge is -2.12. The highest BCUT2D eigenvalue weighted by atomic mass is 32.2. The summed E-state index contributed by atoms with van der Waals surface area (Å²) in [5, 5.41) is -0.572. The Balaban J connectivity index is 2.90. The Morgan fingerprint density at radius 3 is 2.19 bits per heavy atom. The fourth-order valence-corrected chi connectivity index (χ4v) is 1.05. The van der Waals surface area contributed by atoms with Gasteiger partial charge in [0.15, 0.2) is 0 Å². The summed E-state index contributed by atoms with van der Waals surface area (Å²) >= 11 is 0. The number of hydrogen-bond donors (Lipinski definition) is 1. The van der Waals surface area contributed by atoms with Gasteiger partial charge in [-0.15, -0.1) is 0 Å². The Kier molecular flexibility index (Phi) is 3.24. The van der Waals surface area contributed by atoms with Crippen molar-refractivity contribution in [3.05, 3.63) is 30.3 Å². The number of para-hydroxylation sites is 1. The molecule has 0 aromatic heterocycles. The van der Waals surface area contributed by atoms with Gasteiger partial charge in [-0.3, -0.25) is 0 Å². The summed E-state index contributed by atoms with van der Waals surface area (Å²) in [5.41, 5.74) is 0.